The zero-order chi connectivity index (χ0) is 31.9. The molecule has 238 valence electrons. The molecule has 5 rings (SSSR count). The van der Waals surface area contributed by atoms with E-state index in [1.54, 1.807) is 17.9 Å². The predicted molar refractivity (Wildman–Crippen MR) is 168 cm³/mol. The van der Waals surface area contributed by atoms with Crippen LogP contribution in [0.5, 0.6) is 0 Å². The average molecular weight is 673 g/mol. The maximum Gasteiger partial charge on any atom is 0.313 e. The van der Waals surface area contributed by atoms with E-state index in [1.165, 1.54) is 4.90 Å². The van der Waals surface area contributed by atoms with Crippen molar-refractivity contribution < 1.29 is 33.8 Å². The molecule has 1 aromatic carbocycles. The highest BCUT2D eigenvalue weighted by atomic mass is 79.9. The average Bonchev–Trinajstić information content (AvgIpc) is 3.58. The summed E-state index contributed by atoms with van der Waals surface area (Å²) in [5, 5.41) is 13.5. The van der Waals surface area contributed by atoms with Crippen LogP contribution in [0.15, 0.2) is 40.9 Å². The van der Waals surface area contributed by atoms with Crippen molar-refractivity contribution in [3.8, 4) is 0 Å². The minimum Gasteiger partial charge on any atom is -0.460 e. The van der Waals surface area contributed by atoms with Gasteiger partial charge in [-0.15, -0.1) is 0 Å². The Hall–Kier alpha value is -3.02. The number of nitrogens with zero attached hydrogens (tertiary/aromatic N) is 2. The van der Waals surface area contributed by atoms with Crippen molar-refractivity contribution in [2.24, 2.45) is 17.8 Å². The van der Waals surface area contributed by atoms with E-state index in [-0.39, 0.29) is 43.8 Å². The molecule has 0 radical (unpaired) electrons. The van der Waals surface area contributed by atoms with Crippen molar-refractivity contribution in [1.29, 1.82) is 0 Å². The zero-order valence-corrected chi connectivity index (χ0v) is 27.5. The van der Waals surface area contributed by atoms with Crippen LogP contribution in [0, 0.1) is 31.6 Å². The lowest BCUT2D eigenvalue weighted by Gasteiger charge is -2.40. The normalized spacial score (nSPS) is 33.1. The highest BCUT2D eigenvalue weighted by Gasteiger charge is 2.75. The number of cyclic esters (lactones) is 1. The van der Waals surface area contributed by atoms with Crippen LogP contribution in [-0.4, -0.2) is 83.3 Å². The zero-order valence-electron chi connectivity index (χ0n) is 25.9. The molecule has 4 aliphatic rings. The van der Waals surface area contributed by atoms with Crippen molar-refractivity contribution in [1.82, 2.24) is 10.2 Å². The molecule has 0 unspecified atom stereocenters. The first-order chi connectivity index (χ1) is 20.9. The molecule has 2 N–H and O–H groups in total. The number of aliphatic hydroxyl groups excluding tert-OH is 1. The summed E-state index contributed by atoms with van der Waals surface area (Å²) in [5.41, 5.74) is 1.07. The van der Waals surface area contributed by atoms with Gasteiger partial charge in [0.15, 0.2) is 0 Å². The molecule has 0 saturated carbocycles. The molecule has 2 fully saturated rings. The summed E-state index contributed by atoms with van der Waals surface area (Å²) in [5.74, 6) is -3.77. The standard InChI is InChI=1S/C33H42BrN3O7/c1-6-19(3)24(17-38)37-29-31(41)36(23-14-18(2)11-12-20(23)4)13-9-7-8-10-25(39)35-16-21(5)43-32(42)26-27(30(37)40)33(29)15-22(34)28(26)44-33/h7,9,11-12,14-15,19,21,24,26-29,38H,6,8,10,13,16-17H2,1-5H3,(H,35,39)/b9-7-/t19-,21-,24-,26+,27-,28+,29+,33-/m0/s1. The number of anilines is 1. The second-order valence-electron chi connectivity index (χ2n) is 12.5. The Morgan fingerprint density at radius 3 is 2.61 bits per heavy atom. The molecule has 0 aromatic heterocycles. The minimum absolute atomic E-state index is 0.127. The number of aryl methyl sites for hydroxylation is 2. The number of carbonyl (C=O) groups excluding carboxylic acids is 4. The Balaban J connectivity index is 1.69. The fraction of sp³-hybridized carbons (Fsp3) is 0.576. The molecule has 4 heterocycles. The third kappa shape index (κ3) is 5.51. The number of fused-ring (bicyclic) bond motifs is 2. The third-order valence-corrected chi connectivity index (χ3v) is 10.2. The van der Waals surface area contributed by atoms with Gasteiger partial charge in [0.2, 0.25) is 11.8 Å². The van der Waals surface area contributed by atoms with Gasteiger partial charge < -0.3 is 29.7 Å². The SMILES string of the molecule is CC[C@H](C)[C@H](CO)N1C(=O)[C@@H]2[C@H]3C(=O)O[C@@H](C)CNC(=O)CC/C=C\CN(c4cc(C)ccc4C)C(=O)[C@@H]1[C@]21C=C(Br)[C@H]3O1. The lowest BCUT2D eigenvalue weighted by Crippen LogP contribution is -2.59. The summed E-state index contributed by atoms with van der Waals surface area (Å²) in [7, 11) is 0. The van der Waals surface area contributed by atoms with Crippen LogP contribution in [0.4, 0.5) is 5.69 Å². The first kappa shape index (κ1) is 32.4. The Bertz CT molecular complexity index is 1400. The number of hydrogen-bond donors (Lipinski definition) is 2. The van der Waals surface area contributed by atoms with Crippen molar-refractivity contribution >= 4 is 45.3 Å². The smallest absolute Gasteiger partial charge is 0.313 e. The van der Waals surface area contributed by atoms with Crippen LogP contribution in [-0.2, 0) is 28.7 Å². The molecule has 5 bridgehead atoms. The number of amides is 3. The number of ether oxygens (including phenoxy) is 2. The molecule has 4 aliphatic heterocycles. The van der Waals surface area contributed by atoms with E-state index in [1.807, 2.05) is 58.0 Å². The highest BCUT2D eigenvalue weighted by molar-refractivity contribution is 9.11. The van der Waals surface area contributed by atoms with Gasteiger partial charge in [0, 0.05) is 23.1 Å². The molecular formula is C33H42BrN3O7. The number of benzene rings is 1. The first-order valence-corrected chi connectivity index (χ1v) is 16.2. The monoisotopic (exact) mass is 671 g/mol. The van der Waals surface area contributed by atoms with Crippen LogP contribution in [0.2, 0.25) is 0 Å². The second-order valence-corrected chi connectivity index (χ2v) is 13.4. The Labute approximate surface area is 266 Å². The van der Waals surface area contributed by atoms with Crippen LogP contribution in [0.25, 0.3) is 0 Å². The van der Waals surface area contributed by atoms with Gasteiger partial charge in [-0.1, -0.05) is 60.5 Å². The van der Waals surface area contributed by atoms with Gasteiger partial charge in [-0.05, 0) is 56.4 Å². The molecular weight excluding hydrogens is 630 g/mol. The van der Waals surface area contributed by atoms with Crippen molar-refractivity contribution in [2.45, 2.75) is 83.8 Å². The van der Waals surface area contributed by atoms with Crippen LogP contribution < -0.4 is 10.2 Å². The van der Waals surface area contributed by atoms with E-state index in [0.717, 1.165) is 11.1 Å². The maximum atomic E-state index is 15.1. The van der Waals surface area contributed by atoms with Crippen LogP contribution in [0.3, 0.4) is 0 Å². The molecule has 2 saturated heterocycles. The second kappa shape index (κ2) is 12.8. The van der Waals surface area contributed by atoms with Crippen molar-refractivity contribution in [3.05, 3.63) is 52.0 Å². The van der Waals surface area contributed by atoms with E-state index in [2.05, 4.69) is 21.2 Å². The third-order valence-electron chi connectivity index (χ3n) is 9.53. The molecule has 11 heteroatoms. The van der Waals surface area contributed by atoms with E-state index in [4.69, 9.17) is 9.47 Å². The largest absolute Gasteiger partial charge is 0.460 e. The summed E-state index contributed by atoms with van der Waals surface area (Å²) < 4.78 is 12.9. The van der Waals surface area contributed by atoms with Gasteiger partial charge in [-0.3, -0.25) is 19.2 Å². The number of esters is 1. The number of hydrogen-bond acceptors (Lipinski definition) is 7. The van der Waals surface area contributed by atoms with E-state index in [9.17, 15) is 19.5 Å². The van der Waals surface area contributed by atoms with Gasteiger partial charge in [0.1, 0.15) is 29.8 Å². The number of nitrogens with one attached hydrogen (secondary N) is 1. The van der Waals surface area contributed by atoms with Gasteiger partial charge >= 0.3 is 5.97 Å². The fourth-order valence-electron chi connectivity index (χ4n) is 7.02. The topological polar surface area (TPSA) is 125 Å². The quantitative estimate of drug-likeness (QED) is 0.364. The summed E-state index contributed by atoms with van der Waals surface area (Å²) in [4.78, 5) is 59.0. The Kier molecular flexibility index (Phi) is 9.39. The van der Waals surface area contributed by atoms with Crippen molar-refractivity contribution in [3.63, 3.8) is 0 Å². The van der Waals surface area contributed by atoms with Gasteiger partial charge in [-0.25, -0.2) is 0 Å². The highest BCUT2D eigenvalue weighted by Crippen LogP contribution is 2.59. The Morgan fingerprint density at radius 2 is 1.91 bits per heavy atom. The minimum atomic E-state index is -1.45. The molecule has 3 amide bonds. The lowest BCUT2D eigenvalue weighted by molar-refractivity contribution is -0.159. The maximum absolute atomic E-state index is 15.1. The number of likely N-dealkylation sites (tertiary alicyclic amines) is 1. The number of rotatable bonds is 5. The number of halogens is 1. The molecule has 1 spiro atoms. The first-order valence-electron chi connectivity index (χ1n) is 15.4. The van der Waals surface area contributed by atoms with E-state index >= 15 is 4.79 Å². The van der Waals surface area contributed by atoms with Gasteiger partial charge in [0.05, 0.1) is 25.1 Å². The van der Waals surface area contributed by atoms with E-state index in [0.29, 0.717) is 23.0 Å². The summed E-state index contributed by atoms with van der Waals surface area (Å²) in [6.07, 6.45) is 5.40. The van der Waals surface area contributed by atoms with Gasteiger partial charge in [0.25, 0.3) is 5.91 Å². The van der Waals surface area contributed by atoms with Crippen molar-refractivity contribution in [2.75, 3.05) is 24.6 Å². The molecule has 0 aliphatic carbocycles. The van der Waals surface area contributed by atoms with Crippen LogP contribution >= 0.6 is 15.9 Å². The molecule has 1 aromatic rings. The van der Waals surface area contributed by atoms with Crippen LogP contribution in [0.1, 0.15) is 51.2 Å². The van der Waals surface area contributed by atoms with E-state index < -0.39 is 53.6 Å². The molecule has 10 nitrogen and oxygen atoms in total. The number of carbonyl (C=O) groups is 4. The predicted octanol–water partition coefficient (Wildman–Crippen LogP) is 3.31. The lowest BCUT2D eigenvalue weighted by atomic mass is 9.74. The number of allylic oxidation sites excluding steroid dienone is 1. The summed E-state index contributed by atoms with van der Waals surface area (Å²) in [6, 6.07) is 4.03. The Morgan fingerprint density at radius 1 is 1.16 bits per heavy atom. The molecule has 44 heavy (non-hydrogen) atoms. The van der Waals surface area contributed by atoms with Gasteiger partial charge in [-0.2, -0.15) is 0 Å². The summed E-state index contributed by atoms with van der Waals surface area (Å²) >= 11 is 3.57. The molecule has 8 atom stereocenters. The summed E-state index contributed by atoms with van der Waals surface area (Å²) in [6.45, 7) is 9.44. The fourth-order valence-corrected chi connectivity index (χ4v) is 7.75. The number of aliphatic hydroxyl groups is 1.